The van der Waals surface area contributed by atoms with Crippen LogP contribution in [0.25, 0.3) is 0 Å². The highest BCUT2D eigenvalue weighted by Crippen LogP contribution is 2.41. The molecule has 3 aliphatic rings. The Morgan fingerprint density at radius 3 is 2.56 bits per heavy atom. The van der Waals surface area contributed by atoms with Gasteiger partial charge in [-0.3, -0.25) is 0 Å². The maximum Gasteiger partial charge on any atom is 0.191 e. The van der Waals surface area contributed by atoms with Crippen LogP contribution in [0.3, 0.4) is 0 Å². The summed E-state index contributed by atoms with van der Waals surface area (Å²) in [6.45, 7) is 8.39. The lowest BCUT2D eigenvalue weighted by Crippen LogP contribution is -2.43. The van der Waals surface area contributed by atoms with E-state index in [1.165, 1.54) is 0 Å². The van der Waals surface area contributed by atoms with Gasteiger partial charge < -0.3 is 38.3 Å². The van der Waals surface area contributed by atoms with Crippen molar-refractivity contribution in [3.8, 4) is 12.0 Å². The highest BCUT2D eigenvalue weighted by atomic mass is 16.8. The predicted molar refractivity (Wildman–Crippen MR) is 113 cm³/mol. The summed E-state index contributed by atoms with van der Waals surface area (Å²) >= 11 is 0. The molecule has 8 nitrogen and oxygen atoms in total. The van der Waals surface area contributed by atoms with Crippen molar-refractivity contribution in [1.29, 1.82) is 0 Å². The summed E-state index contributed by atoms with van der Waals surface area (Å²) in [6.07, 6.45) is -0.0686. The predicted octanol–water partition coefficient (Wildman–Crippen LogP) is 2.33. The van der Waals surface area contributed by atoms with Gasteiger partial charge in [0.25, 0.3) is 0 Å². The number of ether oxygens (including phenoxy) is 7. The number of aliphatic hydroxyl groups is 1. The zero-order valence-corrected chi connectivity index (χ0v) is 19.0. The molecule has 0 spiro atoms. The molecule has 8 heteroatoms. The van der Waals surface area contributed by atoms with E-state index in [1.807, 2.05) is 58.0 Å². The zero-order chi connectivity index (χ0) is 22.8. The maximum atomic E-state index is 10.1. The SMILES string of the molecule is CC1(C)O[C@H]2O[C@H]([C@H]3COC(C)(C)O3)[C@H](OC#CC[C@H](O)COCc3ccccc3)[C@H]2O1. The lowest BCUT2D eigenvalue weighted by molar-refractivity contribution is -0.231. The Kier molecular flexibility index (Phi) is 7.08. The normalized spacial score (nSPS) is 33.3. The number of hydrogen-bond donors (Lipinski definition) is 1. The fraction of sp³-hybridized carbons (Fsp3) is 0.667. The molecular formula is C24H32O8. The summed E-state index contributed by atoms with van der Waals surface area (Å²) in [5.41, 5.74) is 1.05. The Bertz CT molecular complexity index is 814. The van der Waals surface area contributed by atoms with E-state index in [1.54, 1.807) is 0 Å². The molecule has 0 aliphatic carbocycles. The van der Waals surface area contributed by atoms with Gasteiger partial charge in [0, 0.05) is 6.42 Å². The number of benzene rings is 1. The van der Waals surface area contributed by atoms with E-state index < -0.39 is 42.3 Å². The van der Waals surface area contributed by atoms with Crippen LogP contribution in [-0.4, -0.2) is 66.7 Å². The molecule has 176 valence electrons. The topological polar surface area (TPSA) is 84.8 Å². The number of hydrogen-bond acceptors (Lipinski definition) is 8. The molecule has 0 unspecified atom stereocenters. The van der Waals surface area contributed by atoms with E-state index in [0.29, 0.717) is 13.2 Å². The van der Waals surface area contributed by atoms with Crippen LogP contribution in [0.5, 0.6) is 0 Å². The molecule has 1 aromatic carbocycles. The molecule has 1 N–H and O–H groups in total. The van der Waals surface area contributed by atoms with Crippen molar-refractivity contribution in [2.45, 2.75) is 89.1 Å². The van der Waals surface area contributed by atoms with Crippen LogP contribution in [0.15, 0.2) is 30.3 Å². The van der Waals surface area contributed by atoms with Crippen molar-refractivity contribution in [3.63, 3.8) is 0 Å². The molecule has 0 bridgehead atoms. The lowest BCUT2D eigenvalue weighted by atomic mass is 10.1. The summed E-state index contributed by atoms with van der Waals surface area (Å²) in [5.74, 6) is 1.40. The summed E-state index contributed by atoms with van der Waals surface area (Å²) in [5, 5.41) is 10.1. The van der Waals surface area contributed by atoms with Crippen molar-refractivity contribution in [2.75, 3.05) is 13.2 Å². The molecule has 4 rings (SSSR count). The minimum Gasteiger partial charge on any atom is -0.437 e. The second-order valence-electron chi connectivity index (χ2n) is 9.16. The van der Waals surface area contributed by atoms with Crippen LogP contribution in [0.2, 0.25) is 0 Å². The third-order valence-electron chi connectivity index (χ3n) is 5.45. The van der Waals surface area contributed by atoms with Gasteiger partial charge in [0.05, 0.1) is 25.9 Å². The van der Waals surface area contributed by atoms with Gasteiger partial charge in [-0.25, -0.2) is 0 Å². The Labute approximate surface area is 189 Å². The van der Waals surface area contributed by atoms with E-state index in [4.69, 9.17) is 33.2 Å². The van der Waals surface area contributed by atoms with Crippen molar-refractivity contribution < 1.29 is 38.3 Å². The Hall–Kier alpha value is -1.70. The molecule has 3 saturated heterocycles. The molecule has 0 aromatic heterocycles. The quantitative estimate of drug-likeness (QED) is 0.637. The van der Waals surface area contributed by atoms with Gasteiger partial charge in [-0.15, -0.1) is 0 Å². The van der Waals surface area contributed by atoms with Gasteiger partial charge >= 0.3 is 0 Å². The summed E-state index contributed by atoms with van der Waals surface area (Å²) < 4.78 is 41.0. The molecule has 32 heavy (non-hydrogen) atoms. The molecule has 3 aliphatic heterocycles. The highest BCUT2D eigenvalue weighted by Gasteiger charge is 2.59. The first-order valence-electron chi connectivity index (χ1n) is 11.0. The van der Waals surface area contributed by atoms with Crippen molar-refractivity contribution in [2.24, 2.45) is 0 Å². The lowest BCUT2D eigenvalue weighted by Gasteiger charge is -2.27. The van der Waals surface area contributed by atoms with Gasteiger partial charge in [0.2, 0.25) is 0 Å². The molecule has 3 heterocycles. The highest BCUT2D eigenvalue weighted by molar-refractivity contribution is 5.13. The first kappa shape index (κ1) is 23.5. The fourth-order valence-electron chi connectivity index (χ4n) is 4.03. The third kappa shape index (κ3) is 5.80. The van der Waals surface area contributed by atoms with Gasteiger partial charge in [-0.1, -0.05) is 36.3 Å². The van der Waals surface area contributed by atoms with Crippen molar-refractivity contribution >= 4 is 0 Å². The second-order valence-corrected chi connectivity index (χ2v) is 9.16. The minimum atomic E-state index is -0.770. The Balaban J connectivity index is 1.29. The third-order valence-corrected chi connectivity index (χ3v) is 5.45. The smallest absolute Gasteiger partial charge is 0.191 e. The number of fused-ring (bicyclic) bond motifs is 1. The molecule has 1 aromatic rings. The molecule has 0 amide bonds. The van der Waals surface area contributed by atoms with Crippen molar-refractivity contribution in [1.82, 2.24) is 0 Å². The van der Waals surface area contributed by atoms with Gasteiger partial charge in [0.15, 0.2) is 30.1 Å². The minimum absolute atomic E-state index is 0.191. The summed E-state index contributed by atoms with van der Waals surface area (Å²) in [4.78, 5) is 0. The van der Waals surface area contributed by atoms with Crippen LogP contribution in [0, 0.1) is 12.0 Å². The first-order chi connectivity index (χ1) is 15.2. The van der Waals surface area contributed by atoms with E-state index in [2.05, 4.69) is 12.0 Å². The average Bonchev–Trinajstić information content (AvgIpc) is 3.35. The summed E-state index contributed by atoms with van der Waals surface area (Å²) in [7, 11) is 0. The first-order valence-corrected chi connectivity index (χ1v) is 11.0. The van der Waals surface area contributed by atoms with E-state index in [0.717, 1.165) is 5.56 Å². The van der Waals surface area contributed by atoms with Crippen LogP contribution >= 0.6 is 0 Å². The Morgan fingerprint density at radius 1 is 1.06 bits per heavy atom. The van der Waals surface area contributed by atoms with Crippen LogP contribution in [0.4, 0.5) is 0 Å². The van der Waals surface area contributed by atoms with E-state index in [-0.39, 0.29) is 19.1 Å². The molecular weight excluding hydrogens is 416 g/mol. The summed E-state index contributed by atoms with van der Waals surface area (Å²) in [6, 6.07) is 9.80. The molecule has 6 atom stereocenters. The molecule has 3 fully saturated rings. The second kappa shape index (κ2) is 9.65. The fourth-order valence-corrected chi connectivity index (χ4v) is 4.03. The Morgan fingerprint density at radius 2 is 1.84 bits per heavy atom. The van der Waals surface area contributed by atoms with E-state index in [9.17, 15) is 5.11 Å². The van der Waals surface area contributed by atoms with Crippen LogP contribution < -0.4 is 0 Å². The van der Waals surface area contributed by atoms with Gasteiger partial charge in [-0.2, -0.15) is 0 Å². The van der Waals surface area contributed by atoms with Gasteiger partial charge in [0.1, 0.15) is 18.3 Å². The standard InChI is InChI=1S/C24H32O8/c1-23(2)28-15-18(30-23)19-20(21-22(29-19)32-24(3,4)31-21)27-12-8-11-17(25)14-26-13-16-9-6-5-7-10-16/h5-7,9-10,17-22,25H,11,13-15H2,1-4H3/t17-,18+,19+,20-,21+,22+/m0/s1. The zero-order valence-electron chi connectivity index (χ0n) is 19.0. The average molecular weight is 449 g/mol. The largest absolute Gasteiger partial charge is 0.437 e. The molecule has 0 radical (unpaired) electrons. The number of rotatable bonds is 7. The van der Waals surface area contributed by atoms with Crippen LogP contribution in [0.1, 0.15) is 39.7 Å². The van der Waals surface area contributed by atoms with Gasteiger partial charge in [-0.05, 0) is 33.3 Å². The molecule has 0 saturated carbocycles. The monoisotopic (exact) mass is 448 g/mol. The number of aliphatic hydroxyl groups excluding tert-OH is 1. The van der Waals surface area contributed by atoms with E-state index >= 15 is 0 Å². The van der Waals surface area contributed by atoms with Crippen molar-refractivity contribution in [3.05, 3.63) is 35.9 Å². The van der Waals surface area contributed by atoms with Crippen LogP contribution in [-0.2, 0) is 39.8 Å². The maximum absolute atomic E-state index is 10.1.